The summed E-state index contributed by atoms with van der Waals surface area (Å²) in [5.74, 6) is 0. The summed E-state index contributed by atoms with van der Waals surface area (Å²) in [7, 11) is 0. The number of hydrogen-bond donors (Lipinski definition) is 1. The van der Waals surface area contributed by atoms with Crippen molar-refractivity contribution in [2.24, 2.45) is 0 Å². The highest BCUT2D eigenvalue weighted by molar-refractivity contribution is 6.13. The van der Waals surface area contributed by atoms with Gasteiger partial charge in [-0.1, -0.05) is 0 Å². The zero-order valence-electron chi connectivity index (χ0n) is 2.21. The molecule has 0 aliphatic rings. The fraction of sp³-hybridized carbons (Fsp3) is 1.00. The van der Waals surface area contributed by atoms with Crippen LogP contribution in [-0.2, 0) is 0 Å². The average molecular weight is 101 g/mol. The van der Waals surface area contributed by atoms with E-state index in [1.54, 1.807) is 0 Å². The Hall–Kier alpha value is 0.110. The molecule has 1 nitrogen and oxygen atoms in total. The second-order valence-electron chi connectivity index (χ2n) is 0.410. The fourth-order valence-corrected chi connectivity index (χ4v) is 0. The van der Waals surface area contributed by atoms with Gasteiger partial charge in [0.05, 0.1) is 0 Å². The molecular formula is CH2ClF2N. The maximum atomic E-state index is 10.5. The Balaban J connectivity index is 2.54. The van der Waals surface area contributed by atoms with Crippen LogP contribution in [0.1, 0.15) is 0 Å². The Morgan fingerprint density at radius 1 is 1.60 bits per heavy atom. The van der Waals surface area contributed by atoms with Gasteiger partial charge in [-0.3, -0.25) is 0 Å². The van der Waals surface area contributed by atoms with Crippen LogP contribution in [0.2, 0.25) is 0 Å². The summed E-state index contributed by atoms with van der Waals surface area (Å²) in [6.45, 7) is -2.60. The topological polar surface area (TPSA) is 12.0 Å². The van der Waals surface area contributed by atoms with Crippen LogP contribution in [0.5, 0.6) is 0 Å². The first-order valence-electron chi connectivity index (χ1n) is 0.914. The maximum absolute atomic E-state index is 10.5. The number of halogens is 3. The molecule has 0 amide bonds. The molecule has 5 heavy (non-hydrogen) atoms. The van der Waals surface area contributed by atoms with Crippen LogP contribution >= 0.6 is 11.8 Å². The van der Waals surface area contributed by atoms with Crippen LogP contribution in [0.4, 0.5) is 8.78 Å². The number of rotatable bonds is 1. The highest BCUT2D eigenvalue weighted by Crippen LogP contribution is 1.83. The standard InChI is InChI=1S/CH2ClF2N/c2-5-1(3)4/h1,5H. The molecule has 0 aromatic carbocycles. The molecule has 0 atom stereocenters. The molecular weight excluding hydrogens is 99.5 g/mol. The molecule has 0 aliphatic heterocycles. The van der Waals surface area contributed by atoms with Crippen LogP contribution in [0, 0.1) is 0 Å². The minimum atomic E-state index is -2.60. The average Bonchev–Trinajstić information content (AvgIpc) is 1.38. The lowest BCUT2D eigenvalue weighted by Gasteiger charge is -1.83. The third kappa shape index (κ3) is 4.11. The van der Waals surface area contributed by atoms with Gasteiger partial charge >= 0.3 is 6.55 Å². The van der Waals surface area contributed by atoms with Crippen LogP contribution in [0.3, 0.4) is 0 Å². The summed E-state index contributed by atoms with van der Waals surface area (Å²) < 4.78 is 21.0. The van der Waals surface area contributed by atoms with Crippen molar-refractivity contribution < 1.29 is 8.78 Å². The minimum absolute atomic E-state index is 1.17. The van der Waals surface area contributed by atoms with Crippen LogP contribution < -0.4 is 4.84 Å². The maximum Gasteiger partial charge on any atom is 0.305 e. The van der Waals surface area contributed by atoms with E-state index in [0.717, 1.165) is 0 Å². The van der Waals surface area contributed by atoms with E-state index in [2.05, 4.69) is 11.8 Å². The Labute approximate surface area is 33.0 Å². The second-order valence-corrected chi connectivity index (χ2v) is 0.628. The fourth-order valence-electron chi connectivity index (χ4n) is 0. The molecule has 4 heteroatoms. The highest BCUT2D eigenvalue weighted by atomic mass is 35.5. The first-order valence-corrected chi connectivity index (χ1v) is 1.29. The predicted molar refractivity (Wildman–Crippen MR) is 15.0 cm³/mol. The number of hydrogen-bond acceptors (Lipinski definition) is 1. The van der Waals surface area contributed by atoms with Gasteiger partial charge < -0.3 is 0 Å². The van der Waals surface area contributed by atoms with Gasteiger partial charge in [0.15, 0.2) is 0 Å². The van der Waals surface area contributed by atoms with Crippen LogP contribution in [-0.4, -0.2) is 6.55 Å². The van der Waals surface area contributed by atoms with Crippen molar-refractivity contribution in [1.82, 2.24) is 4.84 Å². The van der Waals surface area contributed by atoms with Gasteiger partial charge in [-0.25, -0.2) is 0 Å². The van der Waals surface area contributed by atoms with Crippen molar-refractivity contribution in [1.29, 1.82) is 0 Å². The smallest absolute Gasteiger partial charge is 0.191 e. The quantitative estimate of drug-likeness (QED) is 0.383. The van der Waals surface area contributed by atoms with Gasteiger partial charge in [0.1, 0.15) is 0 Å². The third-order valence-electron chi connectivity index (χ3n) is 0.0825. The van der Waals surface area contributed by atoms with E-state index in [1.807, 2.05) is 0 Å². The van der Waals surface area contributed by atoms with E-state index in [1.165, 1.54) is 4.84 Å². The Kier molecular flexibility index (Phi) is 2.41. The zero-order chi connectivity index (χ0) is 4.28. The van der Waals surface area contributed by atoms with Gasteiger partial charge in [-0.05, 0) is 11.8 Å². The molecule has 1 N–H and O–H groups in total. The van der Waals surface area contributed by atoms with Gasteiger partial charge in [0.25, 0.3) is 0 Å². The van der Waals surface area contributed by atoms with Gasteiger partial charge in [-0.2, -0.15) is 13.6 Å². The SMILES string of the molecule is FC(F)NCl. The molecule has 0 fully saturated rings. The molecule has 0 radical (unpaired) electrons. The van der Waals surface area contributed by atoms with E-state index < -0.39 is 6.55 Å². The lowest BCUT2D eigenvalue weighted by Crippen LogP contribution is -2.05. The molecule has 32 valence electrons. The molecule has 0 heterocycles. The summed E-state index contributed by atoms with van der Waals surface area (Å²) in [6, 6.07) is 0. The van der Waals surface area contributed by atoms with Gasteiger partial charge in [0, 0.05) is 0 Å². The van der Waals surface area contributed by atoms with E-state index in [0.29, 0.717) is 0 Å². The molecule has 0 saturated heterocycles. The van der Waals surface area contributed by atoms with E-state index in [4.69, 9.17) is 0 Å². The normalized spacial score (nSPS) is 9.60. The highest BCUT2D eigenvalue weighted by Gasteiger charge is 1.90. The Morgan fingerprint density at radius 3 is 1.80 bits per heavy atom. The van der Waals surface area contributed by atoms with E-state index in [9.17, 15) is 8.78 Å². The lowest BCUT2D eigenvalue weighted by atomic mass is 11.4. The van der Waals surface area contributed by atoms with Crippen molar-refractivity contribution in [3.8, 4) is 0 Å². The van der Waals surface area contributed by atoms with E-state index >= 15 is 0 Å². The molecule has 0 aromatic heterocycles. The zero-order valence-corrected chi connectivity index (χ0v) is 2.97. The lowest BCUT2D eigenvalue weighted by molar-refractivity contribution is 0.137. The van der Waals surface area contributed by atoms with Crippen molar-refractivity contribution in [3.63, 3.8) is 0 Å². The molecule has 0 rings (SSSR count). The first kappa shape index (κ1) is 5.11. The summed E-state index contributed by atoms with van der Waals surface area (Å²) >= 11 is 4.34. The largest absolute Gasteiger partial charge is 0.305 e. The molecule has 0 saturated carbocycles. The van der Waals surface area contributed by atoms with Crippen LogP contribution in [0.15, 0.2) is 0 Å². The third-order valence-corrected chi connectivity index (χ3v) is 0.247. The van der Waals surface area contributed by atoms with Crippen molar-refractivity contribution in [2.45, 2.75) is 6.55 Å². The first-order chi connectivity index (χ1) is 2.27. The predicted octanol–water partition coefficient (Wildman–Crippen LogP) is 0.952. The van der Waals surface area contributed by atoms with E-state index in [-0.39, 0.29) is 0 Å². The summed E-state index contributed by atoms with van der Waals surface area (Å²) in [5.41, 5.74) is 0. The van der Waals surface area contributed by atoms with Crippen LogP contribution in [0.25, 0.3) is 0 Å². The molecule has 0 aromatic rings. The second kappa shape index (κ2) is 2.35. The summed E-state index contributed by atoms with van der Waals surface area (Å²) in [6.07, 6.45) is 0. The Bertz CT molecular complexity index is 23.6. The number of alkyl halides is 2. The van der Waals surface area contributed by atoms with Crippen molar-refractivity contribution in [3.05, 3.63) is 0 Å². The van der Waals surface area contributed by atoms with Crippen molar-refractivity contribution >= 4 is 11.8 Å². The van der Waals surface area contributed by atoms with Gasteiger partial charge in [0.2, 0.25) is 0 Å². The monoisotopic (exact) mass is 101 g/mol. The Morgan fingerprint density at radius 2 is 1.80 bits per heavy atom. The van der Waals surface area contributed by atoms with Crippen molar-refractivity contribution in [2.75, 3.05) is 0 Å². The summed E-state index contributed by atoms with van der Waals surface area (Å²) in [4.78, 5) is 1.17. The molecule has 0 bridgehead atoms. The molecule has 0 spiro atoms. The number of nitrogens with one attached hydrogen (secondary N) is 1. The summed E-state index contributed by atoms with van der Waals surface area (Å²) in [5, 5.41) is 0. The molecule has 0 aliphatic carbocycles. The van der Waals surface area contributed by atoms with Gasteiger partial charge in [-0.15, -0.1) is 0 Å². The minimum Gasteiger partial charge on any atom is -0.191 e. The molecule has 0 unspecified atom stereocenters.